The molecule has 1 fully saturated rings. The summed E-state index contributed by atoms with van der Waals surface area (Å²) < 4.78 is 31.9. The zero-order valence-electron chi connectivity index (χ0n) is 14.9. The Morgan fingerprint density at radius 1 is 1.04 bits per heavy atom. The number of nitrogens with two attached hydrogens (primary N) is 1. The van der Waals surface area contributed by atoms with Crippen LogP contribution in [0.1, 0.15) is 17.2 Å². The summed E-state index contributed by atoms with van der Waals surface area (Å²) in [6, 6.07) is 13.9. The number of likely N-dealkylation sites (tertiary alicyclic amines) is 1. The van der Waals surface area contributed by atoms with Crippen LogP contribution in [0.25, 0.3) is 11.5 Å². The van der Waals surface area contributed by atoms with E-state index in [1.165, 1.54) is 11.6 Å². The molecule has 1 saturated heterocycles. The lowest BCUT2D eigenvalue weighted by Crippen LogP contribution is -2.28. The quantitative estimate of drug-likeness (QED) is 0.670. The second kappa shape index (κ2) is 9.47. The lowest BCUT2D eigenvalue weighted by Gasteiger charge is -2.14. The van der Waals surface area contributed by atoms with Gasteiger partial charge in [-0.3, -0.25) is 4.90 Å². The van der Waals surface area contributed by atoms with Gasteiger partial charge in [0.2, 0.25) is 5.89 Å². The number of aromatic nitrogens is 1. The van der Waals surface area contributed by atoms with Crippen molar-refractivity contribution < 1.29 is 13.2 Å². The zero-order valence-corrected chi connectivity index (χ0v) is 16.6. The fourth-order valence-corrected chi connectivity index (χ4v) is 3.47. The monoisotopic (exact) mass is 427 g/mol. The summed E-state index contributed by atoms with van der Waals surface area (Å²) >= 11 is 0. The van der Waals surface area contributed by atoms with Gasteiger partial charge in [-0.15, -0.1) is 24.8 Å². The van der Waals surface area contributed by atoms with Crippen molar-refractivity contribution in [3.05, 3.63) is 77.7 Å². The molecule has 1 aromatic heterocycles. The van der Waals surface area contributed by atoms with Gasteiger partial charge in [-0.05, 0) is 23.8 Å². The molecule has 2 N–H and O–H groups in total. The molecule has 2 heterocycles. The standard InChI is InChI=1S/C20H19F2N3O.2ClH/c21-17-7-6-14(8-18(17)22)20-24-15(12-26-20)9-25-10-16(19(23)11-25)13-4-2-1-3-5-13;;/h1-8,12,16,19H,9-11,23H2;2*1H/t16-,19+;;/m0../s1. The van der Waals surface area contributed by atoms with E-state index in [0.717, 1.165) is 30.9 Å². The van der Waals surface area contributed by atoms with Gasteiger partial charge in [-0.25, -0.2) is 13.8 Å². The van der Waals surface area contributed by atoms with Gasteiger partial charge < -0.3 is 10.2 Å². The number of oxazole rings is 1. The largest absolute Gasteiger partial charge is 0.444 e. The van der Waals surface area contributed by atoms with E-state index in [9.17, 15) is 8.78 Å². The normalized spacial score (nSPS) is 19.1. The first-order chi connectivity index (χ1) is 12.6. The minimum atomic E-state index is -0.918. The highest BCUT2D eigenvalue weighted by atomic mass is 35.5. The number of benzene rings is 2. The predicted octanol–water partition coefficient (Wildman–Crippen LogP) is 4.39. The Kier molecular flexibility index (Phi) is 7.55. The maximum Gasteiger partial charge on any atom is 0.226 e. The highest BCUT2D eigenvalue weighted by Gasteiger charge is 2.31. The fraction of sp³-hybridized carbons (Fsp3) is 0.250. The Morgan fingerprint density at radius 3 is 2.50 bits per heavy atom. The van der Waals surface area contributed by atoms with Crippen LogP contribution in [-0.4, -0.2) is 29.0 Å². The fourth-order valence-electron chi connectivity index (χ4n) is 3.47. The Bertz CT molecular complexity index is 907. The van der Waals surface area contributed by atoms with E-state index in [1.54, 1.807) is 6.26 Å². The van der Waals surface area contributed by atoms with E-state index in [0.29, 0.717) is 12.1 Å². The molecular formula is C20H21Cl2F2N3O. The Balaban J connectivity index is 0.00000140. The molecule has 28 heavy (non-hydrogen) atoms. The van der Waals surface area contributed by atoms with Crippen molar-refractivity contribution in [1.82, 2.24) is 9.88 Å². The van der Waals surface area contributed by atoms with Gasteiger partial charge in [0.05, 0.1) is 5.69 Å². The first-order valence-electron chi connectivity index (χ1n) is 8.53. The number of rotatable bonds is 4. The highest BCUT2D eigenvalue weighted by molar-refractivity contribution is 5.85. The minimum Gasteiger partial charge on any atom is -0.444 e. The van der Waals surface area contributed by atoms with Gasteiger partial charge in [0.1, 0.15) is 6.26 Å². The Hall–Kier alpha value is -1.99. The van der Waals surface area contributed by atoms with Crippen LogP contribution < -0.4 is 5.73 Å². The number of hydrogen-bond donors (Lipinski definition) is 1. The average molecular weight is 428 g/mol. The van der Waals surface area contributed by atoms with Crippen molar-refractivity contribution in [1.29, 1.82) is 0 Å². The molecule has 0 amide bonds. The van der Waals surface area contributed by atoms with Gasteiger partial charge >= 0.3 is 0 Å². The first-order valence-corrected chi connectivity index (χ1v) is 8.53. The van der Waals surface area contributed by atoms with E-state index in [1.807, 2.05) is 18.2 Å². The third kappa shape index (κ3) is 4.70. The summed E-state index contributed by atoms with van der Waals surface area (Å²) in [7, 11) is 0. The van der Waals surface area contributed by atoms with Crippen molar-refractivity contribution >= 4 is 24.8 Å². The van der Waals surface area contributed by atoms with E-state index in [4.69, 9.17) is 10.2 Å². The molecule has 4 rings (SSSR count). The maximum atomic E-state index is 13.4. The second-order valence-corrected chi connectivity index (χ2v) is 6.65. The minimum absolute atomic E-state index is 0. The molecule has 0 aliphatic carbocycles. The Morgan fingerprint density at radius 2 is 1.79 bits per heavy atom. The molecule has 1 aliphatic heterocycles. The van der Waals surface area contributed by atoms with Gasteiger partial charge in [-0.1, -0.05) is 30.3 Å². The van der Waals surface area contributed by atoms with Crippen molar-refractivity contribution in [2.75, 3.05) is 13.1 Å². The van der Waals surface area contributed by atoms with E-state index in [2.05, 4.69) is 22.0 Å². The summed E-state index contributed by atoms with van der Waals surface area (Å²) in [4.78, 5) is 6.63. The van der Waals surface area contributed by atoms with E-state index < -0.39 is 11.6 Å². The van der Waals surface area contributed by atoms with Crippen LogP contribution >= 0.6 is 24.8 Å². The predicted molar refractivity (Wildman–Crippen MR) is 109 cm³/mol. The van der Waals surface area contributed by atoms with Gasteiger partial charge in [0, 0.05) is 37.2 Å². The number of hydrogen-bond acceptors (Lipinski definition) is 4. The second-order valence-electron chi connectivity index (χ2n) is 6.65. The van der Waals surface area contributed by atoms with E-state index >= 15 is 0 Å². The van der Waals surface area contributed by atoms with Crippen molar-refractivity contribution in [2.24, 2.45) is 5.73 Å². The molecule has 2 atom stereocenters. The average Bonchev–Trinajstić information content (AvgIpc) is 3.25. The molecule has 4 nitrogen and oxygen atoms in total. The molecule has 0 unspecified atom stereocenters. The molecular weight excluding hydrogens is 407 g/mol. The van der Waals surface area contributed by atoms with Crippen molar-refractivity contribution in [3.63, 3.8) is 0 Å². The molecule has 1 aliphatic rings. The number of nitrogens with zero attached hydrogens (tertiary/aromatic N) is 2. The van der Waals surface area contributed by atoms with E-state index in [-0.39, 0.29) is 42.7 Å². The van der Waals surface area contributed by atoms with Gasteiger partial charge in [-0.2, -0.15) is 0 Å². The molecule has 150 valence electrons. The molecule has 0 radical (unpaired) electrons. The van der Waals surface area contributed by atoms with Crippen LogP contribution in [0.4, 0.5) is 8.78 Å². The zero-order chi connectivity index (χ0) is 18.1. The number of halogens is 4. The summed E-state index contributed by atoms with van der Waals surface area (Å²) in [5, 5.41) is 0. The highest BCUT2D eigenvalue weighted by Crippen LogP contribution is 2.28. The topological polar surface area (TPSA) is 55.3 Å². The summed E-state index contributed by atoms with van der Waals surface area (Å²) in [6.07, 6.45) is 1.55. The van der Waals surface area contributed by atoms with Gasteiger partial charge in [0.15, 0.2) is 11.6 Å². The summed E-state index contributed by atoms with van der Waals surface area (Å²) in [6.45, 7) is 2.22. The Labute approximate surface area is 174 Å². The maximum absolute atomic E-state index is 13.4. The molecule has 0 bridgehead atoms. The molecule has 2 aromatic carbocycles. The van der Waals surface area contributed by atoms with Crippen molar-refractivity contribution in [3.8, 4) is 11.5 Å². The smallest absolute Gasteiger partial charge is 0.226 e. The lowest BCUT2D eigenvalue weighted by atomic mass is 9.95. The SMILES string of the molecule is Cl.Cl.N[C@@H]1CN(Cc2coc(-c3ccc(F)c(F)c3)n2)C[C@H]1c1ccccc1. The first kappa shape index (κ1) is 22.3. The van der Waals surface area contributed by atoms with Crippen LogP contribution in [0.15, 0.2) is 59.2 Å². The lowest BCUT2D eigenvalue weighted by molar-refractivity contribution is 0.319. The van der Waals surface area contributed by atoms with Gasteiger partial charge in [0.25, 0.3) is 0 Å². The molecule has 8 heteroatoms. The summed E-state index contributed by atoms with van der Waals surface area (Å²) in [5.74, 6) is -1.24. The molecule has 0 spiro atoms. The molecule has 0 saturated carbocycles. The van der Waals surface area contributed by atoms with Crippen molar-refractivity contribution in [2.45, 2.75) is 18.5 Å². The van der Waals surface area contributed by atoms with Crippen LogP contribution in [0.5, 0.6) is 0 Å². The van der Waals surface area contributed by atoms with Crippen LogP contribution in [-0.2, 0) is 6.54 Å². The third-order valence-corrected chi connectivity index (χ3v) is 4.77. The summed E-state index contributed by atoms with van der Waals surface area (Å²) in [5.41, 5.74) is 8.71. The van der Waals surface area contributed by atoms with Crippen LogP contribution in [0.2, 0.25) is 0 Å². The third-order valence-electron chi connectivity index (χ3n) is 4.77. The van der Waals surface area contributed by atoms with Crippen LogP contribution in [0, 0.1) is 11.6 Å². The van der Waals surface area contributed by atoms with Crippen LogP contribution in [0.3, 0.4) is 0 Å². The molecule has 3 aromatic rings.